The summed E-state index contributed by atoms with van der Waals surface area (Å²) in [4.78, 5) is 32.3. The van der Waals surface area contributed by atoms with Crippen LogP contribution in [0.3, 0.4) is 0 Å². The highest BCUT2D eigenvalue weighted by atomic mass is 16.5. The zero-order valence-electron chi connectivity index (χ0n) is 18.0. The fourth-order valence-electron chi connectivity index (χ4n) is 5.08. The lowest BCUT2D eigenvalue weighted by molar-refractivity contribution is -0.140. The number of piperazine rings is 2. The Labute approximate surface area is 179 Å². The quantitative estimate of drug-likeness (QED) is 0.764. The van der Waals surface area contributed by atoms with Gasteiger partial charge in [0, 0.05) is 51.9 Å². The number of amides is 2. The van der Waals surface area contributed by atoms with E-state index in [4.69, 9.17) is 4.74 Å². The van der Waals surface area contributed by atoms with Gasteiger partial charge in [0.25, 0.3) is 0 Å². The van der Waals surface area contributed by atoms with E-state index >= 15 is 0 Å². The predicted molar refractivity (Wildman–Crippen MR) is 115 cm³/mol. The fourth-order valence-corrected chi connectivity index (χ4v) is 5.08. The lowest BCUT2D eigenvalue weighted by Gasteiger charge is -2.40. The molecule has 4 rings (SSSR count). The molecule has 2 amide bonds. The zero-order chi connectivity index (χ0) is 20.9. The molecule has 1 saturated carbocycles. The third kappa shape index (κ3) is 4.95. The van der Waals surface area contributed by atoms with Crippen LogP contribution in [0.1, 0.15) is 37.7 Å². The van der Waals surface area contributed by atoms with Crippen LogP contribution in [0, 0.1) is 0 Å². The van der Waals surface area contributed by atoms with Gasteiger partial charge in [0.05, 0.1) is 19.6 Å². The summed E-state index contributed by atoms with van der Waals surface area (Å²) in [6, 6.07) is 8.21. The van der Waals surface area contributed by atoms with Crippen molar-refractivity contribution in [1.82, 2.24) is 20.0 Å². The van der Waals surface area contributed by atoms with E-state index in [0.717, 1.165) is 44.0 Å². The molecule has 1 aliphatic carbocycles. The summed E-state index contributed by atoms with van der Waals surface area (Å²) in [7, 11) is 1.65. The molecule has 2 saturated heterocycles. The second kappa shape index (κ2) is 9.79. The monoisotopic (exact) mass is 414 g/mol. The highest BCUT2D eigenvalue weighted by Crippen LogP contribution is 2.25. The van der Waals surface area contributed by atoms with Crippen molar-refractivity contribution < 1.29 is 14.3 Å². The second-order valence-electron chi connectivity index (χ2n) is 8.69. The Hall–Kier alpha value is -2.12. The van der Waals surface area contributed by atoms with Crippen LogP contribution in [0.15, 0.2) is 24.3 Å². The van der Waals surface area contributed by atoms with Gasteiger partial charge in [0.1, 0.15) is 5.75 Å². The number of nitrogens with zero attached hydrogens (tertiary/aromatic N) is 3. The molecule has 30 heavy (non-hydrogen) atoms. The molecule has 1 aromatic carbocycles. The molecule has 7 nitrogen and oxygen atoms in total. The molecule has 164 valence electrons. The summed E-state index contributed by atoms with van der Waals surface area (Å²) in [5.41, 5.74) is 1.09. The molecule has 0 radical (unpaired) electrons. The molecule has 0 spiro atoms. The molecular weight excluding hydrogens is 380 g/mol. The molecule has 7 heteroatoms. The lowest BCUT2D eigenvalue weighted by Crippen LogP contribution is -2.57. The van der Waals surface area contributed by atoms with Crippen molar-refractivity contribution in [2.75, 3.05) is 46.4 Å². The molecule has 0 unspecified atom stereocenters. The summed E-state index contributed by atoms with van der Waals surface area (Å²) in [5.74, 6) is 0.863. The van der Waals surface area contributed by atoms with Gasteiger partial charge in [-0.2, -0.15) is 0 Å². The first-order valence-corrected chi connectivity index (χ1v) is 11.3. The topological polar surface area (TPSA) is 65.1 Å². The zero-order valence-corrected chi connectivity index (χ0v) is 18.0. The highest BCUT2D eigenvalue weighted by Gasteiger charge is 2.34. The Bertz CT molecular complexity index is 742. The summed E-state index contributed by atoms with van der Waals surface area (Å²) < 4.78 is 5.32. The molecule has 3 fully saturated rings. The average Bonchev–Trinajstić information content (AvgIpc) is 3.31. The van der Waals surface area contributed by atoms with E-state index in [9.17, 15) is 9.59 Å². The summed E-state index contributed by atoms with van der Waals surface area (Å²) in [6.45, 7) is 5.47. The molecule has 0 bridgehead atoms. The van der Waals surface area contributed by atoms with Crippen LogP contribution in [0.5, 0.6) is 5.75 Å². The van der Waals surface area contributed by atoms with Crippen LogP contribution in [-0.4, -0.2) is 85.0 Å². The summed E-state index contributed by atoms with van der Waals surface area (Å²) in [6.07, 6.45) is 5.53. The van der Waals surface area contributed by atoms with Crippen molar-refractivity contribution in [1.29, 1.82) is 0 Å². The second-order valence-corrected chi connectivity index (χ2v) is 8.69. The molecule has 1 aromatic rings. The van der Waals surface area contributed by atoms with Crippen molar-refractivity contribution >= 4 is 11.8 Å². The van der Waals surface area contributed by atoms with Gasteiger partial charge in [-0.15, -0.1) is 0 Å². The van der Waals surface area contributed by atoms with E-state index in [-0.39, 0.29) is 18.2 Å². The number of hydrogen-bond donors (Lipinski definition) is 1. The number of hydrogen-bond acceptors (Lipinski definition) is 5. The van der Waals surface area contributed by atoms with Crippen molar-refractivity contribution in [3.63, 3.8) is 0 Å². The number of rotatable bonds is 6. The van der Waals surface area contributed by atoms with Crippen LogP contribution in [0.4, 0.5) is 0 Å². The number of benzene rings is 1. The normalized spacial score (nSPS) is 24.1. The van der Waals surface area contributed by atoms with Crippen LogP contribution in [0.2, 0.25) is 0 Å². The third-order valence-corrected chi connectivity index (χ3v) is 6.84. The van der Waals surface area contributed by atoms with Gasteiger partial charge in [-0.05, 0) is 30.5 Å². The van der Waals surface area contributed by atoms with Crippen LogP contribution in [0.25, 0.3) is 0 Å². The molecule has 0 aromatic heterocycles. The number of carbonyl (C=O) groups excluding carboxylic acids is 2. The van der Waals surface area contributed by atoms with E-state index in [1.807, 2.05) is 29.2 Å². The van der Waals surface area contributed by atoms with Crippen molar-refractivity contribution in [2.45, 2.75) is 50.7 Å². The summed E-state index contributed by atoms with van der Waals surface area (Å²) in [5, 5.41) is 2.94. The SMILES string of the molecule is COc1cccc(CN2CCNC(=O)[C@H]2CC(=O)N2CCN(C3CCCC3)CC2)c1. The number of methoxy groups -OCH3 is 1. The number of carbonyl (C=O) groups is 2. The minimum atomic E-state index is -0.412. The molecule has 1 N–H and O–H groups in total. The molecule has 2 aliphatic heterocycles. The first-order chi connectivity index (χ1) is 14.6. The Kier molecular flexibility index (Phi) is 6.89. The third-order valence-electron chi connectivity index (χ3n) is 6.84. The van der Waals surface area contributed by atoms with Gasteiger partial charge in [-0.3, -0.25) is 19.4 Å². The van der Waals surface area contributed by atoms with E-state index in [1.54, 1.807) is 7.11 Å². The minimum Gasteiger partial charge on any atom is -0.497 e. The largest absolute Gasteiger partial charge is 0.497 e. The van der Waals surface area contributed by atoms with Crippen LogP contribution >= 0.6 is 0 Å². The summed E-state index contributed by atoms with van der Waals surface area (Å²) >= 11 is 0. The van der Waals surface area contributed by atoms with E-state index < -0.39 is 6.04 Å². The van der Waals surface area contributed by atoms with E-state index in [0.29, 0.717) is 19.1 Å². The maximum absolute atomic E-state index is 13.0. The van der Waals surface area contributed by atoms with Crippen LogP contribution < -0.4 is 10.1 Å². The first-order valence-electron chi connectivity index (χ1n) is 11.3. The Morgan fingerprint density at radius 2 is 1.90 bits per heavy atom. The van der Waals surface area contributed by atoms with Crippen molar-refractivity contribution in [2.24, 2.45) is 0 Å². The number of nitrogens with one attached hydrogen (secondary N) is 1. The minimum absolute atomic E-state index is 0.0397. The predicted octanol–water partition coefficient (Wildman–Crippen LogP) is 1.47. The smallest absolute Gasteiger partial charge is 0.237 e. The van der Waals surface area contributed by atoms with Crippen LogP contribution in [-0.2, 0) is 16.1 Å². The van der Waals surface area contributed by atoms with Gasteiger partial charge in [-0.1, -0.05) is 25.0 Å². The van der Waals surface area contributed by atoms with Crippen molar-refractivity contribution in [3.8, 4) is 5.75 Å². The highest BCUT2D eigenvalue weighted by molar-refractivity contribution is 5.88. The molecule has 1 atom stereocenters. The Morgan fingerprint density at radius 3 is 2.63 bits per heavy atom. The molecule has 2 heterocycles. The Balaban J connectivity index is 1.34. The molecule has 3 aliphatic rings. The number of ether oxygens (including phenoxy) is 1. The van der Waals surface area contributed by atoms with E-state index in [1.165, 1.54) is 25.7 Å². The molecular formula is C23H34N4O3. The van der Waals surface area contributed by atoms with Gasteiger partial charge in [-0.25, -0.2) is 0 Å². The first kappa shape index (κ1) is 21.1. The lowest BCUT2D eigenvalue weighted by atomic mass is 10.1. The van der Waals surface area contributed by atoms with Gasteiger partial charge in [0.2, 0.25) is 11.8 Å². The van der Waals surface area contributed by atoms with Gasteiger partial charge >= 0.3 is 0 Å². The average molecular weight is 415 g/mol. The fraction of sp³-hybridized carbons (Fsp3) is 0.652. The van der Waals surface area contributed by atoms with Crippen molar-refractivity contribution in [3.05, 3.63) is 29.8 Å². The van der Waals surface area contributed by atoms with Gasteiger partial charge < -0.3 is 15.0 Å². The van der Waals surface area contributed by atoms with E-state index in [2.05, 4.69) is 15.1 Å². The maximum Gasteiger partial charge on any atom is 0.237 e. The standard InChI is InChI=1S/C23H34N4O3/c1-30-20-8-4-5-18(15-20)17-27-10-9-24-23(29)21(27)16-22(28)26-13-11-25(12-14-26)19-6-2-3-7-19/h4-5,8,15,19,21H,2-3,6-7,9-14,16-17H2,1H3,(H,24,29)/t21-/m1/s1. The Morgan fingerprint density at radius 1 is 1.13 bits per heavy atom. The van der Waals surface area contributed by atoms with Gasteiger partial charge in [0.15, 0.2) is 0 Å². The maximum atomic E-state index is 13.0.